The number of rotatable bonds is 6. The standard InChI is InChI=1S/C25H26ClN3O4/c1-3-33-25(31)18-5-4-14-28(16-18)24(30)23-15-22(17-6-12-21(32-2)13-7-17)27-29(23)20-10-8-19(26)9-11-20/h6-13,15,18H,3-5,14,16H2,1-2H3. The molecule has 172 valence electrons. The van der Waals surface area contributed by atoms with Gasteiger partial charge >= 0.3 is 5.97 Å². The van der Waals surface area contributed by atoms with Gasteiger partial charge in [0.1, 0.15) is 11.4 Å². The Balaban J connectivity index is 1.69. The van der Waals surface area contributed by atoms with Gasteiger partial charge in [-0.1, -0.05) is 11.6 Å². The second kappa shape index (κ2) is 10.1. The summed E-state index contributed by atoms with van der Waals surface area (Å²) >= 11 is 6.06. The number of methoxy groups -OCH3 is 1. The molecule has 7 nitrogen and oxygen atoms in total. The Labute approximate surface area is 197 Å². The molecule has 8 heteroatoms. The molecule has 33 heavy (non-hydrogen) atoms. The third-order valence-corrected chi connectivity index (χ3v) is 5.97. The van der Waals surface area contributed by atoms with E-state index in [0.717, 1.165) is 29.8 Å². The zero-order valence-electron chi connectivity index (χ0n) is 18.7. The maximum Gasteiger partial charge on any atom is 0.310 e. The van der Waals surface area contributed by atoms with Crippen LogP contribution in [0.15, 0.2) is 54.6 Å². The zero-order chi connectivity index (χ0) is 23.4. The molecular formula is C25H26ClN3O4. The quantitative estimate of drug-likeness (QED) is 0.495. The minimum Gasteiger partial charge on any atom is -0.497 e. The number of aromatic nitrogens is 2. The fourth-order valence-corrected chi connectivity index (χ4v) is 4.12. The van der Waals surface area contributed by atoms with Crippen LogP contribution >= 0.6 is 11.6 Å². The molecule has 0 bridgehead atoms. The van der Waals surface area contributed by atoms with Crippen molar-refractivity contribution in [3.8, 4) is 22.7 Å². The van der Waals surface area contributed by atoms with Crippen molar-refractivity contribution in [2.24, 2.45) is 5.92 Å². The molecule has 3 aromatic rings. The van der Waals surface area contributed by atoms with Gasteiger partial charge in [-0.25, -0.2) is 4.68 Å². The molecule has 0 saturated carbocycles. The van der Waals surface area contributed by atoms with E-state index in [1.807, 2.05) is 36.4 Å². The predicted molar refractivity (Wildman–Crippen MR) is 126 cm³/mol. The fourth-order valence-electron chi connectivity index (χ4n) is 3.99. The van der Waals surface area contributed by atoms with Crippen molar-refractivity contribution < 1.29 is 19.1 Å². The summed E-state index contributed by atoms with van der Waals surface area (Å²) in [5, 5.41) is 5.33. The Morgan fingerprint density at radius 1 is 1.12 bits per heavy atom. The second-order valence-electron chi connectivity index (χ2n) is 7.87. The summed E-state index contributed by atoms with van der Waals surface area (Å²) in [6.45, 7) is 3.03. The van der Waals surface area contributed by atoms with E-state index in [1.165, 1.54) is 0 Å². The number of carbonyl (C=O) groups is 2. The van der Waals surface area contributed by atoms with Crippen molar-refractivity contribution in [2.75, 3.05) is 26.8 Å². The first-order valence-corrected chi connectivity index (χ1v) is 11.3. The smallest absolute Gasteiger partial charge is 0.310 e. The van der Waals surface area contributed by atoms with Gasteiger partial charge in [0.15, 0.2) is 0 Å². The Kier molecular flexibility index (Phi) is 6.99. The SMILES string of the molecule is CCOC(=O)C1CCCN(C(=O)c2cc(-c3ccc(OC)cc3)nn2-c2ccc(Cl)cc2)C1. The van der Waals surface area contributed by atoms with Crippen molar-refractivity contribution in [2.45, 2.75) is 19.8 Å². The predicted octanol–water partition coefficient (Wildman–Crippen LogP) is 4.62. The van der Waals surface area contributed by atoms with Crippen LogP contribution in [0.3, 0.4) is 0 Å². The number of piperidine rings is 1. The highest BCUT2D eigenvalue weighted by molar-refractivity contribution is 6.30. The average Bonchev–Trinajstić information content (AvgIpc) is 3.30. The van der Waals surface area contributed by atoms with Crippen LogP contribution in [0.2, 0.25) is 5.02 Å². The molecule has 1 amide bonds. The third kappa shape index (κ3) is 5.03. The van der Waals surface area contributed by atoms with E-state index < -0.39 is 0 Å². The van der Waals surface area contributed by atoms with Gasteiger partial charge in [-0.05, 0) is 74.4 Å². The normalized spacial score (nSPS) is 15.8. The summed E-state index contributed by atoms with van der Waals surface area (Å²) in [7, 11) is 1.61. The number of nitrogens with zero attached hydrogens (tertiary/aromatic N) is 3. The molecule has 2 heterocycles. The largest absolute Gasteiger partial charge is 0.497 e. The van der Waals surface area contributed by atoms with Gasteiger partial charge in [0.25, 0.3) is 5.91 Å². The van der Waals surface area contributed by atoms with E-state index in [9.17, 15) is 9.59 Å². The molecule has 1 saturated heterocycles. The first kappa shape index (κ1) is 22.9. The molecule has 0 radical (unpaired) electrons. The van der Waals surface area contributed by atoms with Crippen LogP contribution in [-0.2, 0) is 9.53 Å². The molecule has 0 spiro atoms. The molecule has 1 fully saturated rings. The summed E-state index contributed by atoms with van der Waals surface area (Å²) in [4.78, 5) is 27.6. The third-order valence-electron chi connectivity index (χ3n) is 5.71. The molecule has 1 aliphatic heterocycles. The lowest BCUT2D eigenvalue weighted by molar-refractivity contribution is -0.149. The van der Waals surface area contributed by atoms with Crippen molar-refractivity contribution in [3.05, 3.63) is 65.3 Å². The van der Waals surface area contributed by atoms with Crippen LogP contribution in [0.1, 0.15) is 30.3 Å². The van der Waals surface area contributed by atoms with E-state index in [2.05, 4.69) is 0 Å². The number of esters is 1. The zero-order valence-corrected chi connectivity index (χ0v) is 19.4. The highest BCUT2D eigenvalue weighted by Crippen LogP contribution is 2.27. The van der Waals surface area contributed by atoms with Crippen LogP contribution in [0.5, 0.6) is 5.75 Å². The number of carbonyl (C=O) groups excluding carboxylic acids is 2. The maximum atomic E-state index is 13.6. The first-order chi connectivity index (χ1) is 16.0. The molecule has 0 N–H and O–H groups in total. The number of likely N-dealkylation sites (tertiary alicyclic amines) is 1. The molecular weight excluding hydrogens is 442 g/mol. The van der Waals surface area contributed by atoms with Gasteiger partial charge in [-0.15, -0.1) is 0 Å². The van der Waals surface area contributed by atoms with E-state index in [4.69, 9.17) is 26.2 Å². The van der Waals surface area contributed by atoms with Gasteiger partial charge < -0.3 is 14.4 Å². The highest BCUT2D eigenvalue weighted by atomic mass is 35.5. The molecule has 2 aromatic carbocycles. The van der Waals surface area contributed by atoms with Crippen LogP contribution in [-0.4, -0.2) is 53.4 Å². The van der Waals surface area contributed by atoms with Gasteiger partial charge in [0.05, 0.1) is 31.0 Å². The minimum absolute atomic E-state index is 0.175. The van der Waals surface area contributed by atoms with Crippen molar-refractivity contribution >= 4 is 23.5 Å². The Bertz CT molecular complexity index is 1130. The van der Waals surface area contributed by atoms with Crippen LogP contribution in [0.25, 0.3) is 16.9 Å². The molecule has 4 rings (SSSR count). The van der Waals surface area contributed by atoms with E-state index in [1.54, 1.807) is 41.8 Å². The van der Waals surface area contributed by atoms with Gasteiger partial charge in [0, 0.05) is 23.7 Å². The van der Waals surface area contributed by atoms with Crippen molar-refractivity contribution in [3.63, 3.8) is 0 Å². The summed E-state index contributed by atoms with van der Waals surface area (Å²) in [5.74, 6) is 0.00691. The Hall–Kier alpha value is -3.32. The fraction of sp³-hybridized carbons (Fsp3) is 0.320. The van der Waals surface area contributed by atoms with E-state index in [-0.39, 0.29) is 17.8 Å². The summed E-state index contributed by atoms with van der Waals surface area (Å²) in [5.41, 5.74) is 2.67. The topological polar surface area (TPSA) is 73.7 Å². The van der Waals surface area contributed by atoms with Gasteiger partial charge in [0.2, 0.25) is 0 Å². The molecule has 1 atom stereocenters. The van der Waals surface area contributed by atoms with E-state index >= 15 is 0 Å². The summed E-state index contributed by atoms with van der Waals surface area (Å²) in [6, 6.07) is 16.5. The van der Waals surface area contributed by atoms with Crippen molar-refractivity contribution in [1.82, 2.24) is 14.7 Å². The Morgan fingerprint density at radius 2 is 1.85 bits per heavy atom. The number of hydrogen-bond acceptors (Lipinski definition) is 5. The molecule has 1 aromatic heterocycles. The monoisotopic (exact) mass is 467 g/mol. The van der Waals surface area contributed by atoms with Crippen molar-refractivity contribution in [1.29, 1.82) is 0 Å². The second-order valence-corrected chi connectivity index (χ2v) is 8.31. The number of ether oxygens (including phenoxy) is 2. The number of amides is 1. The lowest BCUT2D eigenvalue weighted by atomic mass is 9.98. The first-order valence-electron chi connectivity index (χ1n) is 11.0. The summed E-state index contributed by atoms with van der Waals surface area (Å²) < 4.78 is 12.1. The Morgan fingerprint density at radius 3 is 2.52 bits per heavy atom. The van der Waals surface area contributed by atoms with Gasteiger partial charge in [-0.3, -0.25) is 9.59 Å². The van der Waals surface area contributed by atoms with Gasteiger partial charge in [-0.2, -0.15) is 5.10 Å². The molecule has 1 unspecified atom stereocenters. The molecule has 1 aliphatic rings. The lowest BCUT2D eigenvalue weighted by Crippen LogP contribution is -2.43. The van der Waals surface area contributed by atoms with Crippen LogP contribution in [0, 0.1) is 5.92 Å². The minimum atomic E-state index is -0.310. The number of halogens is 1. The molecule has 0 aliphatic carbocycles. The van der Waals surface area contributed by atoms with Crippen LogP contribution < -0.4 is 4.74 Å². The summed E-state index contributed by atoms with van der Waals surface area (Å²) in [6.07, 6.45) is 1.46. The highest BCUT2D eigenvalue weighted by Gasteiger charge is 2.31. The van der Waals surface area contributed by atoms with E-state index in [0.29, 0.717) is 36.1 Å². The maximum absolute atomic E-state index is 13.6. The average molecular weight is 468 g/mol. The number of hydrogen-bond donors (Lipinski definition) is 0. The van der Waals surface area contributed by atoms with Crippen LogP contribution in [0.4, 0.5) is 0 Å². The lowest BCUT2D eigenvalue weighted by Gasteiger charge is -2.31. The number of benzene rings is 2.